The molecule has 1 atom stereocenters. The van der Waals surface area contributed by atoms with Crippen molar-refractivity contribution < 1.29 is 4.74 Å². The zero-order chi connectivity index (χ0) is 17.4. The van der Waals surface area contributed by atoms with Crippen molar-refractivity contribution in [3.63, 3.8) is 0 Å². The summed E-state index contributed by atoms with van der Waals surface area (Å²) in [7, 11) is 0. The van der Waals surface area contributed by atoms with E-state index in [0.29, 0.717) is 11.3 Å². The standard InChI is InChI=1S/C21H16N2OS/c1-25-15-9-6-14(7-10-15)19-17(12-22)21(23)24-18-11-8-13-4-2-3-5-16(13)20(18)19/h2-11,19H,23H2,1H3/t19-/m0/s1. The average molecular weight is 344 g/mol. The Hall–Kier alpha value is -2.90. The lowest BCUT2D eigenvalue weighted by Gasteiger charge is -2.28. The van der Waals surface area contributed by atoms with Gasteiger partial charge in [-0.25, -0.2) is 0 Å². The number of nitrogens with zero attached hydrogens (tertiary/aromatic N) is 1. The first-order valence-corrected chi connectivity index (χ1v) is 9.18. The molecule has 122 valence electrons. The Morgan fingerprint density at radius 2 is 1.80 bits per heavy atom. The summed E-state index contributed by atoms with van der Waals surface area (Å²) in [4.78, 5) is 1.18. The molecule has 0 aromatic heterocycles. The minimum atomic E-state index is -0.226. The molecule has 0 bridgehead atoms. The van der Waals surface area contributed by atoms with E-state index >= 15 is 0 Å². The molecule has 2 N–H and O–H groups in total. The number of hydrogen-bond acceptors (Lipinski definition) is 4. The number of rotatable bonds is 2. The first-order valence-electron chi connectivity index (χ1n) is 7.96. The minimum absolute atomic E-state index is 0.184. The summed E-state index contributed by atoms with van der Waals surface area (Å²) in [5.74, 6) is 0.675. The van der Waals surface area contributed by atoms with Crippen LogP contribution >= 0.6 is 11.8 Å². The lowest BCUT2D eigenvalue weighted by Crippen LogP contribution is -2.21. The van der Waals surface area contributed by atoms with Crippen LogP contribution in [0.3, 0.4) is 0 Å². The third-order valence-electron chi connectivity index (χ3n) is 4.56. The molecule has 0 aliphatic carbocycles. The molecular formula is C21H16N2OS. The molecular weight excluding hydrogens is 328 g/mol. The average Bonchev–Trinajstić information content (AvgIpc) is 2.66. The van der Waals surface area contributed by atoms with E-state index in [0.717, 1.165) is 21.9 Å². The lowest BCUT2D eigenvalue weighted by atomic mass is 9.81. The fourth-order valence-corrected chi connectivity index (χ4v) is 3.78. The van der Waals surface area contributed by atoms with E-state index in [1.54, 1.807) is 11.8 Å². The lowest BCUT2D eigenvalue weighted by molar-refractivity contribution is 0.395. The normalized spacial score (nSPS) is 16.2. The first kappa shape index (κ1) is 15.6. The van der Waals surface area contributed by atoms with Crippen molar-refractivity contribution in [1.29, 1.82) is 5.26 Å². The van der Waals surface area contributed by atoms with Gasteiger partial charge in [-0.15, -0.1) is 11.8 Å². The second-order valence-electron chi connectivity index (χ2n) is 5.90. The Kier molecular flexibility index (Phi) is 3.87. The highest BCUT2D eigenvalue weighted by atomic mass is 32.2. The van der Waals surface area contributed by atoms with Gasteiger partial charge >= 0.3 is 0 Å². The zero-order valence-corrected chi connectivity index (χ0v) is 14.5. The van der Waals surface area contributed by atoms with Gasteiger partial charge in [-0.1, -0.05) is 42.5 Å². The number of hydrogen-bond donors (Lipinski definition) is 1. The quantitative estimate of drug-likeness (QED) is 0.680. The maximum absolute atomic E-state index is 9.72. The molecule has 1 aliphatic rings. The van der Waals surface area contributed by atoms with Gasteiger partial charge in [0.25, 0.3) is 0 Å². The molecule has 1 aliphatic heterocycles. The highest BCUT2D eigenvalue weighted by Crippen LogP contribution is 2.45. The van der Waals surface area contributed by atoms with Crippen LogP contribution in [0.4, 0.5) is 0 Å². The first-order chi connectivity index (χ1) is 12.2. The monoisotopic (exact) mass is 344 g/mol. The van der Waals surface area contributed by atoms with Crippen LogP contribution in [0, 0.1) is 11.3 Å². The van der Waals surface area contributed by atoms with Gasteiger partial charge in [-0.3, -0.25) is 0 Å². The van der Waals surface area contributed by atoms with Crippen molar-refractivity contribution in [1.82, 2.24) is 0 Å². The third-order valence-corrected chi connectivity index (χ3v) is 5.31. The summed E-state index contributed by atoms with van der Waals surface area (Å²) in [6.45, 7) is 0. The van der Waals surface area contributed by atoms with Crippen molar-refractivity contribution >= 4 is 22.5 Å². The largest absolute Gasteiger partial charge is 0.440 e. The van der Waals surface area contributed by atoms with E-state index in [1.165, 1.54) is 4.90 Å². The predicted octanol–water partition coefficient (Wildman–Crippen LogP) is 4.78. The third kappa shape index (κ3) is 2.54. The van der Waals surface area contributed by atoms with E-state index in [9.17, 15) is 5.26 Å². The van der Waals surface area contributed by atoms with Crippen molar-refractivity contribution in [2.24, 2.45) is 5.73 Å². The van der Waals surface area contributed by atoms with Gasteiger partial charge in [0.2, 0.25) is 5.88 Å². The van der Waals surface area contributed by atoms with Crippen LogP contribution in [0.2, 0.25) is 0 Å². The summed E-state index contributed by atoms with van der Waals surface area (Å²) in [6.07, 6.45) is 2.05. The van der Waals surface area contributed by atoms with Crippen molar-refractivity contribution in [2.45, 2.75) is 10.8 Å². The van der Waals surface area contributed by atoms with Crippen molar-refractivity contribution in [3.05, 3.63) is 83.2 Å². The minimum Gasteiger partial charge on any atom is -0.440 e. The van der Waals surface area contributed by atoms with Crippen LogP contribution in [0.25, 0.3) is 10.8 Å². The molecule has 0 radical (unpaired) electrons. The van der Waals surface area contributed by atoms with Gasteiger partial charge in [0, 0.05) is 10.5 Å². The maximum atomic E-state index is 9.72. The molecule has 3 nitrogen and oxygen atoms in total. The van der Waals surface area contributed by atoms with Crippen LogP contribution < -0.4 is 10.5 Å². The van der Waals surface area contributed by atoms with Crippen LogP contribution in [-0.4, -0.2) is 6.26 Å². The molecule has 0 fully saturated rings. The molecule has 1 heterocycles. The van der Waals surface area contributed by atoms with E-state index in [1.807, 2.05) is 30.5 Å². The summed E-state index contributed by atoms with van der Waals surface area (Å²) in [5.41, 5.74) is 8.56. The fraction of sp³-hybridized carbons (Fsp3) is 0.0952. The van der Waals surface area contributed by atoms with Gasteiger partial charge in [-0.05, 0) is 40.8 Å². The molecule has 0 saturated carbocycles. The maximum Gasteiger partial charge on any atom is 0.205 e. The number of benzene rings is 3. The predicted molar refractivity (Wildman–Crippen MR) is 101 cm³/mol. The summed E-state index contributed by atoms with van der Waals surface area (Å²) in [5, 5.41) is 11.9. The van der Waals surface area contributed by atoms with Gasteiger partial charge in [0.05, 0.1) is 5.92 Å². The molecule has 0 amide bonds. The fourth-order valence-electron chi connectivity index (χ4n) is 3.37. The van der Waals surface area contributed by atoms with Crippen molar-refractivity contribution in [3.8, 4) is 11.8 Å². The van der Waals surface area contributed by atoms with E-state index in [2.05, 4.69) is 42.5 Å². The number of ether oxygens (including phenoxy) is 1. The Morgan fingerprint density at radius 1 is 1.04 bits per heavy atom. The summed E-state index contributed by atoms with van der Waals surface area (Å²) >= 11 is 1.69. The van der Waals surface area contributed by atoms with Crippen LogP contribution in [0.5, 0.6) is 5.75 Å². The van der Waals surface area contributed by atoms with Gasteiger partial charge in [-0.2, -0.15) is 5.26 Å². The Balaban J connectivity index is 2.00. The van der Waals surface area contributed by atoms with Gasteiger partial charge < -0.3 is 10.5 Å². The van der Waals surface area contributed by atoms with Crippen LogP contribution in [-0.2, 0) is 0 Å². The second-order valence-corrected chi connectivity index (χ2v) is 6.78. The molecule has 3 aromatic carbocycles. The number of allylic oxidation sites excluding steroid dienone is 1. The molecule has 0 unspecified atom stereocenters. The van der Waals surface area contributed by atoms with Crippen LogP contribution in [0.1, 0.15) is 17.0 Å². The highest BCUT2D eigenvalue weighted by Gasteiger charge is 2.32. The molecule has 0 spiro atoms. The number of fused-ring (bicyclic) bond motifs is 3. The van der Waals surface area contributed by atoms with E-state index < -0.39 is 0 Å². The summed E-state index contributed by atoms with van der Waals surface area (Å²) < 4.78 is 5.77. The zero-order valence-electron chi connectivity index (χ0n) is 13.7. The number of nitriles is 1. The summed E-state index contributed by atoms with van der Waals surface area (Å²) in [6, 6.07) is 22.6. The van der Waals surface area contributed by atoms with Gasteiger partial charge in [0.1, 0.15) is 17.4 Å². The topological polar surface area (TPSA) is 59.0 Å². The Labute approximate surface area is 150 Å². The van der Waals surface area contributed by atoms with Crippen LogP contribution in [0.15, 0.2) is 77.0 Å². The van der Waals surface area contributed by atoms with Crippen molar-refractivity contribution in [2.75, 3.05) is 6.26 Å². The molecule has 3 aromatic rings. The Bertz CT molecular complexity index is 1030. The van der Waals surface area contributed by atoms with E-state index in [4.69, 9.17) is 10.5 Å². The molecule has 4 rings (SSSR count). The molecule has 0 saturated heterocycles. The Morgan fingerprint density at radius 3 is 2.52 bits per heavy atom. The van der Waals surface area contributed by atoms with E-state index in [-0.39, 0.29) is 11.8 Å². The van der Waals surface area contributed by atoms with Gasteiger partial charge in [0.15, 0.2) is 0 Å². The SMILES string of the molecule is CSc1ccc([C@H]2C(C#N)=C(N)Oc3ccc4ccccc4c32)cc1. The molecule has 4 heteroatoms. The smallest absolute Gasteiger partial charge is 0.205 e. The second kappa shape index (κ2) is 6.19. The molecule has 25 heavy (non-hydrogen) atoms. The number of thioether (sulfide) groups is 1. The number of nitrogens with two attached hydrogens (primary N) is 1. The highest BCUT2D eigenvalue weighted by molar-refractivity contribution is 7.98.